The molecule has 0 saturated carbocycles. The van der Waals surface area contributed by atoms with Crippen molar-refractivity contribution in [1.29, 1.82) is 0 Å². The van der Waals surface area contributed by atoms with Crippen molar-refractivity contribution in [2.75, 3.05) is 0 Å². The molecule has 109 valence electrons. The minimum atomic E-state index is -0.850. The summed E-state index contributed by atoms with van der Waals surface area (Å²) in [6.07, 6.45) is 0. The van der Waals surface area contributed by atoms with Crippen LogP contribution in [0.4, 0.5) is 13.2 Å². The van der Waals surface area contributed by atoms with Crippen molar-refractivity contribution in [3.63, 3.8) is 0 Å². The zero-order valence-electron chi connectivity index (χ0n) is 11.8. The van der Waals surface area contributed by atoms with Crippen LogP contribution in [0.2, 0.25) is 0 Å². The van der Waals surface area contributed by atoms with Crippen molar-refractivity contribution in [1.82, 2.24) is 0 Å². The third kappa shape index (κ3) is 2.89. The van der Waals surface area contributed by atoms with E-state index in [4.69, 9.17) is 0 Å². The normalized spacial score (nSPS) is 10.7. The predicted molar refractivity (Wildman–Crippen MR) is 80.8 cm³/mol. The fraction of sp³-hybridized carbons (Fsp3) is 0.0526. The maximum atomic E-state index is 14.3. The first-order valence-corrected chi connectivity index (χ1v) is 6.78. The Bertz CT molecular complexity index is 818. The van der Waals surface area contributed by atoms with E-state index >= 15 is 0 Å². The van der Waals surface area contributed by atoms with Gasteiger partial charge in [0.25, 0.3) is 0 Å². The number of halogens is 3. The van der Waals surface area contributed by atoms with Crippen LogP contribution in [-0.2, 0) is 0 Å². The van der Waals surface area contributed by atoms with Crippen LogP contribution in [0.3, 0.4) is 0 Å². The molecule has 0 saturated heterocycles. The topological polar surface area (TPSA) is 0 Å². The fourth-order valence-electron chi connectivity index (χ4n) is 2.41. The van der Waals surface area contributed by atoms with E-state index in [0.717, 1.165) is 23.3 Å². The molecule has 0 fully saturated rings. The standard InChI is InChI=1S/C19H12F3/c1-12-3-2-4-13(7-12)14-5-6-18(19(22)10-14)15-8-16(20)11-17(21)9-15/h2-10H,1H3. The van der Waals surface area contributed by atoms with Gasteiger partial charge in [0.2, 0.25) is 0 Å². The van der Waals surface area contributed by atoms with Crippen molar-refractivity contribution in [3.8, 4) is 22.3 Å². The second kappa shape index (κ2) is 5.68. The number of rotatable bonds is 2. The molecule has 0 aliphatic carbocycles. The van der Waals surface area contributed by atoms with Crippen LogP contribution in [0.1, 0.15) is 5.56 Å². The van der Waals surface area contributed by atoms with Crippen LogP contribution in [0.25, 0.3) is 22.3 Å². The number of aryl methyl sites for hydroxylation is 1. The van der Waals surface area contributed by atoms with Crippen molar-refractivity contribution in [3.05, 3.63) is 83.7 Å². The molecule has 3 aromatic carbocycles. The van der Waals surface area contributed by atoms with Gasteiger partial charge in [-0.3, -0.25) is 0 Å². The highest BCUT2D eigenvalue weighted by molar-refractivity contribution is 5.71. The average Bonchev–Trinajstić information content (AvgIpc) is 2.46. The Morgan fingerprint density at radius 3 is 2.05 bits per heavy atom. The molecule has 3 heteroatoms. The van der Waals surface area contributed by atoms with Crippen LogP contribution >= 0.6 is 0 Å². The van der Waals surface area contributed by atoms with Crippen molar-refractivity contribution >= 4 is 0 Å². The number of hydrogen-bond donors (Lipinski definition) is 0. The van der Waals surface area contributed by atoms with E-state index < -0.39 is 17.5 Å². The lowest BCUT2D eigenvalue weighted by Gasteiger charge is -2.08. The molecule has 0 aromatic heterocycles. The van der Waals surface area contributed by atoms with Gasteiger partial charge in [-0.15, -0.1) is 0 Å². The molecule has 0 nitrogen and oxygen atoms in total. The quantitative estimate of drug-likeness (QED) is 0.582. The molecule has 0 heterocycles. The number of hydrogen-bond acceptors (Lipinski definition) is 0. The van der Waals surface area contributed by atoms with Crippen molar-refractivity contribution in [2.24, 2.45) is 0 Å². The van der Waals surface area contributed by atoms with E-state index in [1.54, 1.807) is 6.07 Å². The van der Waals surface area contributed by atoms with Gasteiger partial charge in [-0.25, -0.2) is 13.2 Å². The molecule has 0 spiro atoms. The van der Waals surface area contributed by atoms with Gasteiger partial charge in [0, 0.05) is 5.56 Å². The molecule has 0 bridgehead atoms. The lowest BCUT2D eigenvalue weighted by molar-refractivity contribution is 0.579. The predicted octanol–water partition coefficient (Wildman–Crippen LogP) is 5.55. The van der Waals surface area contributed by atoms with Crippen LogP contribution in [-0.4, -0.2) is 0 Å². The summed E-state index contributed by atoms with van der Waals surface area (Å²) in [6, 6.07) is 16.3. The van der Waals surface area contributed by atoms with Gasteiger partial charge in [-0.05, 0) is 41.8 Å². The highest BCUT2D eigenvalue weighted by atomic mass is 19.1. The average molecular weight is 297 g/mol. The lowest BCUT2D eigenvalue weighted by Crippen LogP contribution is -1.90. The van der Waals surface area contributed by atoms with Crippen LogP contribution in [0, 0.1) is 30.4 Å². The Morgan fingerprint density at radius 2 is 1.41 bits per heavy atom. The SMILES string of the molecule is Cc1cccc(-c2ccc(-c3cc(F)[c]c(F)c3)c(F)c2)c1. The summed E-state index contributed by atoms with van der Waals surface area (Å²) in [7, 11) is 0. The van der Waals surface area contributed by atoms with Gasteiger partial charge < -0.3 is 0 Å². The third-order valence-electron chi connectivity index (χ3n) is 3.43. The Morgan fingerprint density at radius 1 is 0.727 bits per heavy atom. The van der Waals surface area contributed by atoms with Gasteiger partial charge in [0.05, 0.1) is 6.07 Å². The fourth-order valence-corrected chi connectivity index (χ4v) is 2.41. The van der Waals surface area contributed by atoms with Gasteiger partial charge in [-0.2, -0.15) is 0 Å². The molecule has 3 rings (SSSR count). The second-order valence-electron chi connectivity index (χ2n) is 5.13. The van der Waals surface area contributed by atoms with Crippen LogP contribution in [0.15, 0.2) is 54.6 Å². The molecule has 0 atom stereocenters. The Balaban J connectivity index is 2.06. The zero-order chi connectivity index (χ0) is 15.7. The molecule has 0 aliphatic heterocycles. The molecule has 0 amide bonds. The van der Waals surface area contributed by atoms with Crippen LogP contribution in [0.5, 0.6) is 0 Å². The van der Waals surface area contributed by atoms with E-state index in [1.165, 1.54) is 12.1 Å². The zero-order valence-corrected chi connectivity index (χ0v) is 11.8. The van der Waals surface area contributed by atoms with Crippen molar-refractivity contribution < 1.29 is 13.2 Å². The van der Waals surface area contributed by atoms with E-state index in [-0.39, 0.29) is 11.1 Å². The summed E-state index contributed by atoms with van der Waals surface area (Å²) < 4.78 is 40.8. The highest BCUT2D eigenvalue weighted by Crippen LogP contribution is 2.29. The molecule has 3 aromatic rings. The van der Waals surface area contributed by atoms with Gasteiger partial charge >= 0.3 is 0 Å². The van der Waals surface area contributed by atoms with Crippen molar-refractivity contribution in [2.45, 2.75) is 6.92 Å². The van der Waals surface area contributed by atoms with E-state index in [2.05, 4.69) is 0 Å². The minimum absolute atomic E-state index is 0.155. The van der Waals surface area contributed by atoms with Gasteiger partial charge in [-0.1, -0.05) is 42.0 Å². The Labute approximate surface area is 126 Å². The molecular formula is C19H12F3. The third-order valence-corrected chi connectivity index (χ3v) is 3.43. The molecule has 22 heavy (non-hydrogen) atoms. The highest BCUT2D eigenvalue weighted by Gasteiger charge is 2.10. The van der Waals surface area contributed by atoms with Gasteiger partial charge in [0.1, 0.15) is 17.5 Å². The summed E-state index contributed by atoms with van der Waals surface area (Å²) in [6.45, 7) is 1.96. The molecule has 0 aliphatic rings. The molecular weight excluding hydrogens is 285 g/mol. The van der Waals surface area contributed by atoms with Gasteiger partial charge in [0.15, 0.2) is 0 Å². The minimum Gasteiger partial charge on any atom is -0.206 e. The smallest absolute Gasteiger partial charge is 0.134 e. The maximum Gasteiger partial charge on any atom is 0.134 e. The number of benzene rings is 3. The summed E-state index contributed by atoms with van der Waals surface area (Å²) in [4.78, 5) is 0. The first-order valence-electron chi connectivity index (χ1n) is 6.78. The Hall–Kier alpha value is -2.55. The van der Waals surface area contributed by atoms with E-state index in [0.29, 0.717) is 5.56 Å². The maximum absolute atomic E-state index is 14.3. The first kappa shape index (κ1) is 14.4. The van der Waals surface area contributed by atoms with Crippen LogP contribution < -0.4 is 0 Å². The molecule has 0 N–H and O–H groups in total. The summed E-state index contributed by atoms with van der Waals surface area (Å²) in [5, 5.41) is 0. The summed E-state index contributed by atoms with van der Waals surface area (Å²) in [5.41, 5.74) is 2.99. The Kier molecular flexibility index (Phi) is 3.72. The lowest BCUT2D eigenvalue weighted by atomic mass is 9.98. The largest absolute Gasteiger partial charge is 0.206 e. The monoisotopic (exact) mass is 297 g/mol. The molecule has 1 radical (unpaired) electrons. The first-order chi connectivity index (χ1) is 10.5. The summed E-state index contributed by atoms with van der Waals surface area (Å²) in [5.74, 6) is -2.22. The molecule has 0 unspecified atom stereocenters. The summed E-state index contributed by atoms with van der Waals surface area (Å²) >= 11 is 0. The second-order valence-corrected chi connectivity index (χ2v) is 5.13. The van der Waals surface area contributed by atoms with E-state index in [1.807, 2.05) is 37.3 Å². The van der Waals surface area contributed by atoms with E-state index in [9.17, 15) is 13.2 Å².